The van der Waals surface area contributed by atoms with Crippen LogP contribution in [0.1, 0.15) is 29.3 Å². The van der Waals surface area contributed by atoms with Crippen molar-refractivity contribution in [2.75, 3.05) is 24.9 Å². The number of nitrogens with one attached hydrogen (secondary N) is 2. The van der Waals surface area contributed by atoms with Crippen LogP contribution in [0, 0.1) is 6.92 Å². The van der Waals surface area contributed by atoms with Crippen LogP contribution in [0.5, 0.6) is 11.5 Å². The Morgan fingerprint density at radius 3 is 2.36 bits per heavy atom. The Morgan fingerprint density at radius 2 is 1.67 bits per heavy atom. The van der Waals surface area contributed by atoms with Crippen molar-refractivity contribution in [3.05, 3.63) is 77.9 Å². The van der Waals surface area contributed by atoms with E-state index >= 15 is 0 Å². The van der Waals surface area contributed by atoms with Gasteiger partial charge in [-0.25, -0.2) is 0 Å². The fourth-order valence-corrected chi connectivity index (χ4v) is 4.25. The van der Waals surface area contributed by atoms with Crippen molar-refractivity contribution < 1.29 is 19.1 Å². The summed E-state index contributed by atoms with van der Waals surface area (Å²) in [6.45, 7) is 3.95. The predicted octanol–water partition coefficient (Wildman–Crippen LogP) is 5.77. The molecule has 0 radical (unpaired) electrons. The Kier molecular flexibility index (Phi) is 8.38. The van der Waals surface area contributed by atoms with E-state index in [4.69, 9.17) is 9.47 Å². The normalized spacial score (nSPS) is 11.4. The lowest BCUT2D eigenvalue weighted by molar-refractivity contribution is -0.115. The summed E-state index contributed by atoms with van der Waals surface area (Å²) in [4.78, 5) is 26.5. The molecule has 1 unspecified atom stereocenters. The van der Waals surface area contributed by atoms with Gasteiger partial charge in [0, 0.05) is 21.8 Å². The summed E-state index contributed by atoms with van der Waals surface area (Å²) in [6, 6.07) is 20.2. The van der Waals surface area contributed by atoms with Crippen molar-refractivity contribution in [2.24, 2.45) is 0 Å². The molecule has 3 rings (SSSR count). The lowest BCUT2D eigenvalue weighted by atomic mass is 10.2. The Hall–Kier alpha value is -3.45. The third-order valence-electron chi connectivity index (χ3n) is 5.08. The molecule has 0 aliphatic carbocycles. The molecular weight excluding hydrogens is 436 g/mol. The topological polar surface area (TPSA) is 76.7 Å². The fourth-order valence-electron chi connectivity index (χ4n) is 3.24. The number of rotatable bonds is 9. The zero-order valence-electron chi connectivity index (χ0n) is 19.2. The average Bonchev–Trinajstić information content (AvgIpc) is 2.83. The maximum Gasteiger partial charge on any atom is 0.255 e. The molecule has 0 aromatic heterocycles. The lowest BCUT2D eigenvalue weighted by Crippen LogP contribution is -2.24. The molecule has 2 N–H and O–H groups in total. The van der Waals surface area contributed by atoms with Crippen LogP contribution in [-0.4, -0.2) is 31.3 Å². The van der Waals surface area contributed by atoms with Gasteiger partial charge >= 0.3 is 0 Å². The average molecular weight is 465 g/mol. The van der Waals surface area contributed by atoms with Crippen molar-refractivity contribution in [1.29, 1.82) is 0 Å². The molecule has 0 fully saturated rings. The van der Waals surface area contributed by atoms with Crippen molar-refractivity contribution in [1.82, 2.24) is 0 Å². The van der Waals surface area contributed by atoms with Crippen LogP contribution in [0.3, 0.4) is 0 Å². The highest BCUT2D eigenvalue weighted by Crippen LogP contribution is 2.30. The molecule has 0 saturated heterocycles. The number of aryl methyl sites for hydroxylation is 1. The molecule has 2 amide bonds. The molecule has 0 aliphatic rings. The number of hydrogen-bond donors (Lipinski definition) is 2. The third-order valence-corrected chi connectivity index (χ3v) is 6.44. The summed E-state index contributed by atoms with van der Waals surface area (Å²) in [5, 5.41) is 5.66. The van der Waals surface area contributed by atoms with Crippen LogP contribution >= 0.6 is 11.8 Å². The van der Waals surface area contributed by atoms with E-state index < -0.39 is 0 Å². The van der Waals surface area contributed by atoms with E-state index in [0.29, 0.717) is 29.2 Å². The standard InChI is InChI=1S/C26H28N2O4S/c1-5-24(26(30)28-21-12-7-6-9-17(21)2)33-20-11-8-10-19(16-20)27-25(29)18-13-14-22(31-3)23(15-18)32-4/h6-16,24H,5H2,1-4H3,(H,27,29)(H,28,30). The van der Waals surface area contributed by atoms with E-state index in [1.54, 1.807) is 25.3 Å². The van der Waals surface area contributed by atoms with Gasteiger partial charge in [0.1, 0.15) is 0 Å². The van der Waals surface area contributed by atoms with Gasteiger partial charge in [0.25, 0.3) is 5.91 Å². The SMILES string of the molecule is CCC(Sc1cccc(NC(=O)c2ccc(OC)c(OC)c2)c1)C(=O)Nc1ccccc1C. The smallest absolute Gasteiger partial charge is 0.255 e. The van der Waals surface area contributed by atoms with Gasteiger partial charge in [0.2, 0.25) is 5.91 Å². The Morgan fingerprint density at radius 1 is 0.909 bits per heavy atom. The molecular formula is C26H28N2O4S. The predicted molar refractivity (Wildman–Crippen MR) is 134 cm³/mol. The van der Waals surface area contributed by atoms with E-state index in [9.17, 15) is 9.59 Å². The molecule has 0 heterocycles. The largest absolute Gasteiger partial charge is 0.493 e. The number of hydrogen-bond acceptors (Lipinski definition) is 5. The fraction of sp³-hybridized carbons (Fsp3) is 0.231. The molecule has 0 spiro atoms. The van der Waals surface area contributed by atoms with Gasteiger partial charge < -0.3 is 20.1 Å². The summed E-state index contributed by atoms with van der Waals surface area (Å²) in [5.41, 5.74) is 2.94. The minimum absolute atomic E-state index is 0.0448. The first-order chi connectivity index (χ1) is 15.9. The van der Waals surface area contributed by atoms with Gasteiger partial charge in [-0.2, -0.15) is 0 Å². The summed E-state index contributed by atoms with van der Waals surface area (Å²) in [5.74, 6) is 0.737. The highest BCUT2D eigenvalue weighted by molar-refractivity contribution is 8.00. The summed E-state index contributed by atoms with van der Waals surface area (Å²) >= 11 is 1.47. The van der Waals surface area contributed by atoms with Crippen molar-refractivity contribution >= 4 is 35.0 Å². The first-order valence-corrected chi connectivity index (χ1v) is 11.5. The Labute approximate surface area is 198 Å². The minimum Gasteiger partial charge on any atom is -0.493 e. The highest BCUT2D eigenvalue weighted by Gasteiger charge is 2.19. The Bertz CT molecular complexity index is 1130. The molecule has 172 valence electrons. The first kappa shape index (κ1) is 24.2. The maximum atomic E-state index is 12.8. The van der Waals surface area contributed by atoms with Crippen molar-refractivity contribution in [3.63, 3.8) is 0 Å². The summed E-state index contributed by atoms with van der Waals surface area (Å²) in [6.07, 6.45) is 0.671. The highest BCUT2D eigenvalue weighted by atomic mass is 32.2. The van der Waals surface area contributed by atoms with Crippen molar-refractivity contribution in [2.45, 2.75) is 30.4 Å². The maximum absolute atomic E-state index is 12.8. The van der Waals surface area contributed by atoms with Gasteiger partial charge in [0.15, 0.2) is 11.5 Å². The molecule has 3 aromatic carbocycles. The van der Waals surface area contributed by atoms with Gasteiger partial charge in [-0.3, -0.25) is 9.59 Å². The van der Waals surface area contributed by atoms with E-state index in [1.807, 2.05) is 62.4 Å². The number of benzene rings is 3. The van der Waals surface area contributed by atoms with Gasteiger partial charge in [0.05, 0.1) is 19.5 Å². The number of thioether (sulfide) groups is 1. The van der Waals surface area contributed by atoms with E-state index in [1.165, 1.54) is 18.9 Å². The quantitative estimate of drug-likeness (QED) is 0.393. The molecule has 0 aliphatic heterocycles. The second-order valence-corrected chi connectivity index (χ2v) is 8.65. The lowest BCUT2D eigenvalue weighted by Gasteiger charge is -2.16. The van der Waals surface area contributed by atoms with Gasteiger partial charge in [-0.15, -0.1) is 11.8 Å². The second-order valence-electron chi connectivity index (χ2n) is 7.37. The Balaban J connectivity index is 1.69. The van der Waals surface area contributed by atoms with Crippen LogP contribution in [0.2, 0.25) is 0 Å². The third kappa shape index (κ3) is 6.29. The number of amides is 2. The second kappa shape index (κ2) is 11.4. The van der Waals surface area contributed by atoms with Gasteiger partial charge in [-0.1, -0.05) is 31.2 Å². The molecule has 1 atom stereocenters. The van der Waals surface area contributed by atoms with Crippen LogP contribution < -0.4 is 20.1 Å². The number of ether oxygens (including phenoxy) is 2. The monoisotopic (exact) mass is 464 g/mol. The van der Waals surface area contributed by atoms with Crippen molar-refractivity contribution in [3.8, 4) is 11.5 Å². The number of carbonyl (C=O) groups is 2. The number of para-hydroxylation sites is 1. The van der Waals surface area contributed by atoms with E-state index in [2.05, 4.69) is 10.6 Å². The molecule has 6 nitrogen and oxygen atoms in total. The summed E-state index contributed by atoms with van der Waals surface area (Å²) in [7, 11) is 3.07. The number of carbonyl (C=O) groups excluding carboxylic acids is 2. The zero-order chi connectivity index (χ0) is 23.8. The molecule has 0 saturated carbocycles. The number of anilines is 2. The van der Waals surface area contributed by atoms with E-state index in [-0.39, 0.29) is 17.1 Å². The molecule has 3 aromatic rings. The number of methoxy groups -OCH3 is 2. The minimum atomic E-state index is -0.263. The molecule has 33 heavy (non-hydrogen) atoms. The van der Waals surface area contributed by atoms with Crippen LogP contribution in [-0.2, 0) is 4.79 Å². The van der Waals surface area contributed by atoms with Crippen LogP contribution in [0.15, 0.2) is 71.6 Å². The van der Waals surface area contributed by atoms with Crippen LogP contribution in [0.25, 0.3) is 0 Å². The first-order valence-electron chi connectivity index (χ1n) is 10.6. The van der Waals surface area contributed by atoms with E-state index in [0.717, 1.165) is 16.1 Å². The summed E-state index contributed by atoms with van der Waals surface area (Å²) < 4.78 is 10.5. The van der Waals surface area contributed by atoms with Crippen LogP contribution in [0.4, 0.5) is 11.4 Å². The van der Waals surface area contributed by atoms with Gasteiger partial charge in [-0.05, 0) is 61.4 Å². The molecule has 7 heteroatoms. The zero-order valence-corrected chi connectivity index (χ0v) is 20.0. The molecule has 0 bridgehead atoms.